The van der Waals surface area contributed by atoms with Crippen LogP contribution in [0.4, 0.5) is 11.9 Å². The average molecular weight is 289 g/mol. The molecule has 0 atom stereocenters. The molecule has 0 bridgehead atoms. The minimum atomic E-state index is 0.531. The Morgan fingerprint density at radius 1 is 1.19 bits per heavy atom. The molecule has 2 heterocycles. The molecule has 2 rings (SSSR count). The first kappa shape index (κ1) is 15.2. The molecule has 21 heavy (non-hydrogen) atoms. The molecule has 0 aliphatic rings. The van der Waals surface area contributed by atoms with Gasteiger partial charge in [0, 0.05) is 32.5 Å². The summed E-state index contributed by atoms with van der Waals surface area (Å²) in [5.41, 5.74) is 0. The first-order valence-corrected chi connectivity index (χ1v) is 7.45. The molecule has 7 nitrogen and oxygen atoms in total. The SMILES string of the molecule is CCCCCN(C)c1nc(NCC)nc(-n2cccn2)n1. The Hall–Kier alpha value is -2.18. The predicted molar refractivity (Wildman–Crippen MR) is 83.9 cm³/mol. The van der Waals surface area contributed by atoms with E-state index in [0.29, 0.717) is 17.8 Å². The fourth-order valence-electron chi connectivity index (χ4n) is 1.95. The molecule has 0 radical (unpaired) electrons. The summed E-state index contributed by atoms with van der Waals surface area (Å²) in [6, 6.07) is 1.85. The van der Waals surface area contributed by atoms with E-state index in [2.05, 4.69) is 37.2 Å². The predicted octanol–water partition coefficient (Wildman–Crippen LogP) is 2.12. The first-order valence-electron chi connectivity index (χ1n) is 7.45. The third-order valence-electron chi connectivity index (χ3n) is 3.09. The number of hydrogen-bond donors (Lipinski definition) is 1. The van der Waals surface area contributed by atoms with Crippen molar-refractivity contribution in [2.24, 2.45) is 0 Å². The molecule has 0 unspecified atom stereocenters. The number of anilines is 2. The van der Waals surface area contributed by atoms with Gasteiger partial charge in [0.05, 0.1) is 0 Å². The molecule has 7 heteroatoms. The van der Waals surface area contributed by atoms with Crippen molar-refractivity contribution in [1.82, 2.24) is 24.7 Å². The highest BCUT2D eigenvalue weighted by Gasteiger charge is 2.11. The van der Waals surface area contributed by atoms with Gasteiger partial charge in [-0.05, 0) is 19.4 Å². The monoisotopic (exact) mass is 289 g/mol. The van der Waals surface area contributed by atoms with Crippen LogP contribution in [-0.2, 0) is 0 Å². The second-order valence-corrected chi connectivity index (χ2v) is 4.87. The van der Waals surface area contributed by atoms with E-state index >= 15 is 0 Å². The van der Waals surface area contributed by atoms with Gasteiger partial charge in [0.25, 0.3) is 5.95 Å². The smallest absolute Gasteiger partial charge is 0.257 e. The molecule has 2 aromatic heterocycles. The number of nitrogens with one attached hydrogen (secondary N) is 1. The zero-order valence-corrected chi connectivity index (χ0v) is 13.0. The normalized spacial score (nSPS) is 10.6. The number of nitrogens with zero attached hydrogens (tertiary/aromatic N) is 6. The Balaban J connectivity index is 2.23. The van der Waals surface area contributed by atoms with Gasteiger partial charge >= 0.3 is 0 Å². The van der Waals surface area contributed by atoms with Crippen LogP contribution in [0, 0.1) is 0 Å². The largest absolute Gasteiger partial charge is 0.354 e. The molecule has 0 fully saturated rings. The Kier molecular flexibility index (Phi) is 5.48. The lowest BCUT2D eigenvalue weighted by atomic mass is 10.2. The van der Waals surface area contributed by atoms with Crippen LogP contribution in [0.3, 0.4) is 0 Å². The van der Waals surface area contributed by atoms with Crippen LogP contribution in [0.5, 0.6) is 0 Å². The highest BCUT2D eigenvalue weighted by molar-refractivity contribution is 5.39. The molecule has 0 aliphatic heterocycles. The van der Waals surface area contributed by atoms with Crippen LogP contribution in [0.1, 0.15) is 33.1 Å². The maximum atomic E-state index is 4.50. The zero-order valence-electron chi connectivity index (χ0n) is 13.0. The molecule has 0 saturated carbocycles. The summed E-state index contributed by atoms with van der Waals surface area (Å²) < 4.78 is 1.64. The van der Waals surface area contributed by atoms with Crippen molar-refractivity contribution < 1.29 is 0 Å². The summed E-state index contributed by atoms with van der Waals surface area (Å²) in [6.07, 6.45) is 7.08. The molecule has 0 spiro atoms. The summed E-state index contributed by atoms with van der Waals surface area (Å²) in [4.78, 5) is 15.4. The van der Waals surface area contributed by atoms with E-state index < -0.39 is 0 Å². The van der Waals surface area contributed by atoms with E-state index in [-0.39, 0.29) is 0 Å². The average Bonchev–Trinajstić information content (AvgIpc) is 3.02. The van der Waals surface area contributed by atoms with Crippen molar-refractivity contribution in [3.8, 4) is 5.95 Å². The van der Waals surface area contributed by atoms with E-state index in [0.717, 1.165) is 19.5 Å². The minimum Gasteiger partial charge on any atom is -0.354 e. The molecular weight excluding hydrogens is 266 g/mol. The van der Waals surface area contributed by atoms with Crippen LogP contribution in [0.15, 0.2) is 18.5 Å². The lowest BCUT2D eigenvalue weighted by molar-refractivity contribution is 0.691. The van der Waals surface area contributed by atoms with E-state index in [9.17, 15) is 0 Å². The van der Waals surface area contributed by atoms with E-state index in [1.54, 1.807) is 10.9 Å². The van der Waals surface area contributed by atoms with Gasteiger partial charge in [0.2, 0.25) is 11.9 Å². The van der Waals surface area contributed by atoms with Crippen LogP contribution in [0.25, 0.3) is 5.95 Å². The third kappa shape index (κ3) is 4.14. The summed E-state index contributed by atoms with van der Waals surface area (Å²) in [5, 5.41) is 7.32. The van der Waals surface area contributed by atoms with Crippen molar-refractivity contribution >= 4 is 11.9 Å². The van der Waals surface area contributed by atoms with E-state index in [1.807, 2.05) is 26.2 Å². The van der Waals surface area contributed by atoms with Crippen LogP contribution in [-0.4, -0.2) is 44.9 Å². The van der Waals surface area contributed by atoms with Gasteiger partial charge in [0.1, 0.15) is 0 Å². The quantitative estimate of drug-likeness (QED) is 0.750. The molecule has 0 aromatic carbocycles. The Morgan fingerprint density at radius 2 is 2.05 bits per heavy atom. The van der Waals surface area contributed by atoms with Gasteiger partial charge in [-0.15, -0.1) is 0 Å². The second-order valence-electron chi connectivity index (χ2n) is 4.87. The molecular formula is C14H23N7. The van der Waals surface area contributed by atoms with Gasteiger partial charge in [-0.3, -0.25) is 0 Å². The van der Waals surface area contributed by atoms with Gasteiger partial charge in [-0.1, -0.05) is 19.8 Å². The molecule has 0 saturated heterocycles. The van der Waals surface area contributed by atoms with Crippen molar-refractivity contribution in [2.45, 2.75) is 33.1 Å². The Labute approximate surface area is 125 Å². The zero-order chi connectivity index (χ0) is 15.1. The summed E-state index contributed by atoms with van der Waals surface area (Å²) >= 11 is 0. The van der Waals surface area contributed by atoms with Crippen molar-refractivity contribution in [2.75, 3.05) is 30.4 Å². The van der Waals surface area contributed by atoms with E-state index in [1.165, 1.54) is 12.8 Å². The maximum Gasteiger partial charge on any atom is 0.257 e. The van der Waals surface area contributed by atoms with Crippen LogP contribution < -0.4 is 10.2 Å². The standard InChI is InChI=1S/C14H23N7/c1-4-6-7-10-20(3)13-17-12(15-5-2)18-14(19-13)21-11-8-9-16-21/h8-9,11H,4-7,10H2,1-3H3,(H,15,17,18,19). The van der Waals surface area contributed by atoms with Gasteiger partial charge < -0.3 is 10.2 Å². The summed E-state index contributed by atoms with van der Waals surface area (Å²) in [7, 11) is 2.01. The Morgan fingerprint density at radius 3 is 2.71 bits per heavy atom. The molecule has 1 N–H and O–H groups in total. The molecule has 0 aliphatic carbocycles. The Bertz CT molecular complexity index is 538. The van der Waals surface area contributed by atoms with E-state index in [4.69, 9.17) is 0 Å². The highest BCUT2D eigenvalue weighted by Crippen LogP contribution is 2.12. The molecule has 114 valence electrons. The van der Waals surface area contributed by atoms with Gasteiger partial charge in [0.15, 0.2) is 0 Å². The number of unbranched alkanes of at least 4 members (excludes halogenated alkanes) is 2. The summed E-state index contributed by atoms with van der Waals surface area (Å²) in [5.74, 6) is 1.78. The topological polar surface area (TPSA) is 71.8 Å². The van der Waals surface area contributed by atoms with Crippen molar-refractivity contribution in [1.29, 1.82) is 0 Å². The second kappa shape index (κ2) is 7.56. The lowest BCUT2D eigenvalue weighted by Crippen LogP contribution is -2.23. The van der Waals surface area contributed by atoms with Crippen molar-refractivity contribution in [3.05, 3.63) is 18.5 Å². The highest BCUT2D eigenvalue weighted by atomic mass is 15.4. The van der Waals surface area contributed by atoms with Crippen molar-refractivity contribution in [3.63, 3.8) is 0 Å². The maximum absolute atomic E-state index is 4.50. The minimum absolute atomic E-state index is 0.531. The fourth-order valence-corrected chi connectivity index (χ4v) is 1.95. The van der Waals surface area contributed by atoms with Gasteiger partial charge in [-0.25, -0.2) is 4.68 Å². The summed E-state index contributed by atoms with van der Waals surface area (Å²) in [6.45, 7) is 5.91. The van der Waals surface area contributed by atoms with Crippen LogP contribution >= 0.6 is 0 Å². The number of hydrogen-bond acceptors (Lipinski definition) is 6. The number of aromatic nitrogens is 5. The third-order valence-corrected chi connectivity index (χ3v) is 3.09. The fraction of sp³-hybridized carbons (Fsp3) is 0.571. The lowest BCUT2D eigenvalue weighted by Gasteiger charge is -2.18. The first-order chi connectivity index (χ1) is 10.2. The number of rotatable bonds is 8. The molecule has 0 amide bonds. The molecule has 2 aromatic rings. The van der Waals surface area contributed by atoms with Gasteiger partial charge in [-0.2, -0.15) is 20.1 Å². The van der Waals surface area contributed by atoms with Crippen LogP contribution in [0.2, 0.25) is 0 Å².